The van der Waals surface area contributed by atoms with Crippen molar-refractivity contribution in [3.63, 3.8) is 0 Å². The zero-order chi connectivity index (χ0) is 15.1. The minimum absolute atomic E-state index is 0.0134. The van der Waals surface area contributed by atoms with Crippen LogP contribution in [0, 0.1) is 0 Å². The van der Waals surface area contributed by atoms with Gasteiger partial charge >= 0.3 is 0 Å². The van der Waals surface area contributed by atoms with Gasteiger partial charge in [-0.25, -0.2) is 5.84 Å². The molecule has 0 saturated heterocycles. The van der Waals surface area contributed by atoms with Gasteiger partial charge in [0, 0.05) is 12.2 Å². The molecule has 1 amide bonds. The Morgan fingerprint density at radius 2 is 1.81 bits per heavy atom. The van der Waals surface area contributed by atoms with Gasteiger partial charge in [-0.1, -0.05) is 48.5 Å². The third-order valence-corrected chi connectivity index (χ3v) is 3.08. The van der Waals surface area contributed by atoms with E-state index in [4.69, 9.17) is 15.7 Å². The van der Waals surface area contributed by atoms with E-state index in [1.807, 2.05) is 36.4 Å². The van der Waals surface area contributed by atoms with E-state index in [1.54, 1.807) is 18.2 Å². The van der Waals surface area contributed by atoms with Gasteiger partial charge in [-0.05, 0) is 18.1 Å². The summed E-state index contributed by atoms with van der Waals surface area (Å²) in [5.74, 6) is 5.37. The lowest BCUT2D eigenvalue weighted by molar-refractivity contribution is -0.128. The second kappa shape index (κ2) is 7.42. The largest absolute Gasteiger partial charge is 0.475 e. The molecule has 21 heavy (non-hydrogen) atoms. The molecule has 0 spiro atoms. The molecule has 110 valence electrons. The second-order valence-corrected chi connectivity index (χ2v) is 4.50. The van der Waals surface area contributed by atoms with Gasteiger partial charge in [-0.15, -0.1) is 0 Å². The average molecular weight is 286 g/mol. The van der Waals surface area contributed by atoms with Crippen molar-refractivity contribution in [1.29, 1.82) is 0 Å². The quantitative estimate of drug-likeness (QED) is 0.425. The molecular weight excluding hydrogens is 268 g/mol. The summed E-state index contributed by atoms with van der Waals surface area (Å²) in [5, 5.41) is 9.10. The van der Waals surface area contributed by atoms with Gasteiger partial charge in [0.15, 0.2) is 0 Å². The molecule has 0 saturated carbocycles. The molecule has 1 atom stereocenters. The first-order chi connectivity index (χ1) is 10.3. The van der Waals surface area contributed by atoms with Gasteiger partial charge in [-0.3, -0.25) is 10.2 Å². The Morgan fingerprint density at radius 1 is 1.14 bits per heavy atom. The van der Waals surface area contributed by atoms with Crippen LogP contribution in [0.1, 0.15) is 17.2 Å². The van der Waals surface area contributed by atoms with E-state index in [2.05, 4.69) is 5.43 Å². The molecule has 2 aromatic carbocycles. The number of hydrazine groups is 1. The molecule has 0 aromatic heterocycles. The van der Waals surface area contributed by atoms with Crippen molar-refractivity contribution in [1.82, 2.24) is 5.43 Å². The molecule has 0 heterocycles. The first-order valence-corrected chi connectivity index (χ1v) is 6.67. The van der Waals surface area contributed by atoms with Crippen LogP contribution < -0.4 is 16.0 Å². The zero-order valence-corrected chi connectivity index (χ0v) is 11.5. The fourth-order valence-corrected chi connectivity index (χ4v) is 2.05. The summed E-state index contributed by atoms with van der Waals surface area (Å²) in [7, 11) is 0. The normalized spacial score (nSPS) is 11.7. The predicted octanol–water partition coefficient (Wildman–Crippen LogP) is 1.33. The molecule has 0 bridgehead atoms. The number of nitrogens with two attached hydrogens (primary N) is 1. The number of aliphatic hydroxyl groups is 1. The molecule has 5 nitrogen and oxygen atoms in total. The van der Waals surface area contributed by atoms with Gasteiger partial charge in [0.05, 0.1) is 0 Å². The Hall–Kier alpha value is -2.37. The monoisotopic (exact) mass is 286 g/mol. The van der Waals surface area contributed by atoms with Crippen LogP contribution >= 0.6 is 0 Å². The fraction of sp³-hybridized carbons (Fsp3) is 0.188. The van der Waals surface area contributed by atoms with Crippen LogP contribution in [0.25, 0.3) is 0 Å². The highest BCUT2D eigenvalue weighted by atomic mass is 16.5. The second-order valence-electron chi connectivity index (χ2n) is 4.50. The maximum atomic E-state index is 12.0. The number of carbonyl (C=O) groups excluding carboxylic acids is 1. The van der Waals surface area contributed by atoms with E-state index < -0.39 is 12.0 Å². The summed E-state index contributed by atoms with van der Waals surface area (Å²) < 4.78 is 5.83. The van der Waals surface area contributed by atoms with E-state index in [1.165, 1.54) is 0 Å². The molecule has 0 fully saturated rings. The molecule has 5 heteroatoms. The van der Waals surface area contributed by atoms with E-state index in [-0.39, 0.29) is 6.61 Å². The van der Waals surface area contributed by atoms with Crippen LogP contribution in [0.5, 0.6) is 5.75 Å². The lowest BCUT2D eigenvalue weighted by atomic mass is 10.1. The highest BCUT2D eigenvalue weighted by molar-refractivity contribution is 5.82. The molecule has 2 rings (SSSR count). The van der Waals surface area contributed by atoms with E-state index in [0.29, 0.717) is 17.7 Å². The summed E-state index contributed by atoms with van der Waals surface area (Å²) in [5.41, 5.74) is 3.67. The Morgan fingerprint density at radius 3 is 2.48 bits per heavy atom. The number of aliphatic hydroxyl groups excluding tert-OH is 1. The SMILES string of the molecule is NNC(=O)C(Oc1ccccc1CCO)c1ccccc1. The fourth-order valence-electron chi connectivity index (χ4n) is 2.05. The lowest BCUT2D eigenvalue weighted by Crippen LogP contribution is -2.37. The first-order valence-electron chi connectivity index (χ1n) is 6.67. The maximum absolute atomic E-state index is 12.0. The van der Waals surface area contributed by atoms with Gasteiger partial charge < -0.3 is 9.84 Å². The molecule has 0 aliphatic heterocycles. The van der Waals surface area contributed by atoms with Crippen LogP contribution in [-0.4, -0.2) is 17.6 Å². The standard InChI is InChI=1S/C16H18N2O3/c17-18-16(20)15(13-7-2-1-3-8-13)21-14-9-5-4-6-12(14)10-11-19/h1-9,15,19H,10-11,17H2,(H,18,20). The Labute approximate surface area is 123 Å². The molecule has 4 N–H and O–H groups in total. The number of amides is 1. The minimum Gasteiger partial charge on any atom is -0.475 e. The van der Waals surface area contributed by atoms with Crippen molar-refractivity contribution in [2.45, 2.75) is 12.5 Å². The number of nitrogens with one attached hydrogen (secondary N) is 1. The van der Waals surface area contributed by atoms with Crippen molar-refractivity contribution >= 4 is 5.91 Å². The molecule has 1 unspecified atom stereocenters. The van der Waals surface area contributed by atoms with Crippen LogP contribution in [-0.2, 0) is 11.2 Å². The number of carbonyl (C=O) groups is 1. The van der Waals surface area contributed by atoms with Crippen molar-refractivity contribution in [2.24, 2.45) is 5.84 Å². The van der Waals surface area contributed by atoms with Crippen molar-refractivity contribution in [2.75, 3.05) is 6.61 Å². The predicted molar refractivity (Wildman–Crippen MR) is 79.4 cm³/mol. The molecule has 0 radical (unpaired) electrons. The topological polar surface area (TPSA) is 84.6 Å². The van der Waals surface area contributed by atoms with E-state index >= 15 is 0 Å². The zero-order valence-electron chi connectivity index (χ0n) is 11.5. The Bertz CT molecular complexity index is 587. The number of hydrogen-bond donors (Lipinski definition) is 3. The minimum atomic E-state index is -0.837. The van der Waals surface area contributed by atoms with Crippen LogP contribution in [0.4, 0.5) is 0 Å². The van der Waals surface area contributed by atoms with Crippen molar-refractivity contribution < 1.29 is 14.6 Å². The van der Waals surface area contributed by atoms with Crippen molar-refractivity contribution in [3.8, 4) is 5.75 Å². The smallest absolute Gasteiger partial charge is 0.279 e. The third kappa shape index (κ3) is 3.81. The average Bonchev–Trinajstić information content (AvgIpc) is 2.54. The Kier molecular flexibility index (Phi) is 5.31. The summed E-state index contributed by atoms with van der Waals surface area (Å²) >= 11 is 0. The maximum Gasteiger partial charge on any atom is 0.279 e. The number of para-hydroxylation sites is 1. The van der Waals surface area contributed by atoms with E-state index in [0.717, 1.165) is 5.56 Å². The first kappa shape index (κ1) is 15.0. The number of ether oxygens (including phenoxy) is 1. The molecule has 0 aliphatic rings. The molecule has 2 aromatic rings. The third-order valence-electron chi connectivity index (χ3n) is 3.08. The van der Waals surface area contributed by atoms with Gasteiger partial charge in [0.2, 0.25) is 6.10 Å². The highest BCUT2D eigenvalue weighted by Gasteiger charge is 2.22. The Balaban J connectivity index is 2.30. The number of benzene rings is 2. The molecule has 0 aliphatic carbocycles. The van der Waals surface area contributed by atoms with Crippen LogP contribution in [0.2, 0.25) is 0 Å². The highest BCUT2D eigenvalue weighted by Crippen LogP contribution is 2.26. The molecular formula is C16H18N2O3. The number of hydrogen-bond acceptors (Lipinski definition) is 4. The summed E-state index contributed by atoms with van der Waals surface area (Å²) in [6.45, 7) is 0.0134. The summed E-state index contributed by atoms with van der Waals surface area (Å²) in [6, 6.07) is 16.4. The van der Waals surface area contributed by atoms with Crippen LogP contribution in [0.3, 0.4) is 0 Å². The summed E-state index contributed by atoms with van der Waals surface area (Å²) in [6.07, 6.45) is -0.377. The van der Waals surface area contributed by atoms with Crippen LogP contribution in [0.15, 0.2) is 54.6 Å². The van der Waals surface area contributed by atoms with Gasteiger partial charge in [0.25, 0.3) is 5.91 Å². The van der Waals surface area contributed by atoms with Crippen molar-refractivity contribution in [3.05, 3.63) is 65.7 Å². The lowest BCUT2D eigenvalue weighted by Gasteiger charge is -2.19. The van der Waals surface area contributed by atoms with E-state index in [9.17, 15) is 4.79 Å². The van der Waals surface area contributed by atoms with Gasteiger partial charge in [-0.2, -0.15) is 0 Å². The summed E-state index contributed by atoms with van der Waals surface area (Å²) in [4.78, 5) is 12.0. The number of rotatable bonds is 6. The van der Waals surface area contributed by atoms with Gasteiger partial charge in [0.1, 0.15) is 5.75 Å².